The average molecular weight is 460 g/mol. The van der Waals surface area contributed by atoms with Crippen LogP contribution in [0.4, 0.5) is 0 Å². The van der Waals surface area contributed by atoms with Gasteiger partial charge in [-0.3, -0.25) is 4.79 Å². The second-order valence-corrected chi connectivity index (χ2v) is 11.1. The molecule has 0 aromatic rings. The van der Waals surface area contributed by atoms with Crippen LogP contribution in [0.1, 0.15) is 91.4 Å². The van der Waals surface area contributed by atoms with Crippen LogP contribution < -0.4 is 0 Å². The molecule has 2 aliphatic heterocycles. The molecule has 1 spiro atoms. The highest BCUT2D eigenvalue weighted by Gasteiger charge is 2.46. The molecule has 4 atom stereocenters. The lowest BCUT2D eigenvalue weighted by molar-refractivity contribution is -0.183. The first-order chi connectivity index (χ1) is 15.9. The van der Waals surface area contributed by atoms with Crippen LogP contribution in [0.25, 0.3) is 0 Å². The number of amides is 1. The molecule has 0 bridgehead atoms. The number of ether oxygens (including phenoxy) is 2. The Morgan fingerprint density at radius 1 is 1.24 bits per heavy atom. The number of carbonyl (C=O) groups is 1. The number of hydrogen-bond donors (Lipinski definition) is 1. The van der Waals surface area contributed by atoms with Gasteiger partial charge in [-0.1, -0.05) is 26.0 Å². The normalized spacial score (nSPS) is 31.3. The number of aliphatic hydroxyl groups excluding tert-OH is 1. The first-order valence-corrected chi connectivity index (χ1v) is 13.5. The Morgan fingerprint density at radius 3 is 2.64 bits per heavy atom. The van der Waals surface area contributed by atoms with E-state index in [1.807, 2.05) is 13.8 Å². The fraction of sp³-hybridized carbons (Fsp3) is 0.821. The molecule has 4 rings (SSSR count). The number of nitrogens with zero attached hydrogens (tertiary/aromatic N) is 1. The van der Waals surface area contributed by atoms with Crippen molar-refractivity contribution in [1.29, 1.82) is 0 Å². The number of piperidine rings is 1. The minimum absolute atomic E-state index is 0.0609. The third kappa shape index (κ3) is 5.91. The van der Waals surface area contributed by atoms with Gasteiger partial charge in [0, 0.05) is 38.5 Å². The molecular weight excluding hydrogens is 414 g/mol. The Balaban J connectivity index is 1.35. The number of allylic oxidation sites excluding steroid dienone is 2. The number of rotatable bonds is 6. The molecule has 0 radical (unpaired) electrons. The van der Waals surface area contributed by atoms with Crippen LogP contribution in [0.2, 0.25) is 0 Å². The van der Waals surface area contributed by atoms with Crippen LogP contribution in [0.15, 0.2) is 23.3 Å². The van der Waals surface area contributed by atoms with E-state index in [-0.39, 0.29) is 35.7 Å². The summed E-state index contributed by atoms with van der Waals surface area (Å²) in [6, 6.07) is 0. The van der Waals surface area contributed by atoms with Gasteiger partial charge < -0.3 is 19.5 Å². The van der Waals surface area contributed by atoms with Crippen LogP contribution in [0, 0.1) is 11.8 Å². The van der Waals surface area contributed by atoms with Gasteiger partial charge in [-0.05, 0) is 81.8 Å². The minimum Gasteiger partial charge on any atom is -0.388 e. The summed E-state index contributed by atoms with van der Waals surface area (Å²) in [7, 11) is 0. The van der Waals surface area contributed by atoms with E-state index in [4.69, 9.17) is 9.47 Å². The summed E-state index contributed by atoms with van der Waals surface area (Å²) in [5.74, 6) is 0.583. The summed E-state index contributed by atoms with van der Waals surface area (Å²) in [4.78, 5) is 15.4. The third-order valence-corrected chi connectivity index (χ3v) is 8.40. The van der Waals surface area contributed by atoms with E-state index in [0.717, 1.165) is 76.6 Å². The maximum Gasteiger partial charge on any atom is 0.226 e. The van der Waals surface area contributed by atoms with Gasteiger partial charge in [-0.25, -0.2) is 0 Å². The summed E-state index contributed by atoms with van der Waals surface area (Å²) in [5.41, 5.74) is 2.45. The molecule has 5 heteroatoms. The smallest absolute Gasteiger partial charge is 0.226 e. The van der Waals surface area contributed by atoms with Gasteiger partial charge in [0.1, 0.15) is 0 Å². The van der Waals surface area contributed by atoms with Gasteiger partial charge in [0.25, 0.3) is 0 Å². The van der Waals surface area contributed by atoms with Crippen LogP contribution in [0.5, 0.6) is 0 Å². The maximum atomic E-state index is 13.3. The number of hydrogen-bond acceptors (Lipinski definition) is 4. The van der Waals surface area contributed by atoms with Crippen molar-refractivity contribution in [3.05, 3.63) is 23.3 Å². The number of likely N-dealkylation sites (tertiary alicyclic amines) is 1. The summed E-state index contributed by atoms with van der Waals surface area (Å²) in [6.45, 7) is 8.49. The highest BCUT2D eigenvalue weighted by Crippen LogP contribution is 2.42. The van der Waals surface area contributed by atoms with E-state index >= 15 is 0 Å². The van der Waals surface area contributed by atoms with Crippen LogP contribution in [-0.2, 0) is 14.3 Å². The maximum absolute atomic E-state index is 13.3. The summed E-state index contributed by atoms with van der Waals surface area (Å²) < 4.78 is 13.0. The molecule has 186 valence electrons. The van der Waals surface area contributed by atoms with E-state index in [1.54, 1.807) is 0 Å². The molecule has 1 N–H and O–H groups in total. The van der Waals surface area contributed by atoms with E-state index in [1.165, 1.54) is 24.8 Å². The zero-order valence-corrected chi connectivity index (χ0v) is 21.1. The van der Waals surface area contributed by atoms with Gasteiger partial charge >= 0.3 is 0 Å². The van der Waals surface area contributed by atoms with Crippen molar-refractivity contribution in [3.8, 4) is 0 Å². The first-order valence-electron chi connectivity index (χ1n) is 13.5. The van der Waals surface area contributed by atoms with Crippen molar-refractivity contribution in [2.24, 2.45) is 11.8 Å². The van der Waals surface area contributed by atoms with Crippen LogP contribution >= 0.6 is 0 Å². The lowest BCUT2D eigenvalue weighted by Gasteiger charge is -2.49. The van der Waals surface area contributed by atoms with Crippen molar-refractivity contribution in [3.63, 3.8) is 0 Å². The zero-order valence-electron chi connectivity index (χ0n) is 21.1. The van der Waals surface area contributed by atoms with Crippen LogP contribution in [0.3, 0.4) is 0 Å². The minimum atomic E-state index is -0.371. The van der Waals surface area contributed by atoms with Gasteiger partial charge in [0.15, 0.2) is 0 Å². The Kier molecular flexibility index (Phi) is 8.35. The average Bonchev–Trinajstić information content (AvgIpc) is 2.84. The van der Waals surface area contributed by atoms with Gasteiger partial charge in [0.05, 0.1) is 23.9 Å². The molecule has 4 aliphatic rings. The van der Waals surface area contributed by atoms with E-state index in [2.05, 4.69) is 24.0 Å². The topological polar surface area (TPSA) is 59.0 Å². The largest absolute Gasteiger partial charge is 0.388 e. The molecule has 2 aliphatic carbocycles. The highest BCUT2D eigenvalue weighted by atomic mass is 16.5. The summed E-state index contributed by atoms with van der Waals surface area (Å²) in [6.07, 6.45) is 15.7. The number of aliphatic hydroxyl groups is 1. The molecule has 2 saturated heterocycles. The number of carbonyl (C=O) groups excluding carboxylic acids is 1. The zero-order chi connectivity index (χ0) is 23.4. The monoisotopic (exact) mass is 459 g/mol. The van der Waals surface area contributed by atoms with Crippen molar-refractivity contribution in [2.75, 3.05) is 19.7 Å². The lowest BCUT2D eigenvalue weighted by atomic mass is 9.79. The van der Waals surface area contributed by atoms with Crippen molar-refractivity contribution in [2.45, 2.75) is 115 Å². The van der Waals surface area contributed by atoms with Gasteiger partial charge in [0.2, 0.25) is 5.91 Å². The summed E-state index contributed by atoms with van der Waals surface area (Å²) in [5, 5.41) is 10.3. The molecular formula is C28H45NO4. The van der Waals surface area contributed by atoms with Crippen molar-refractivity contribution < 1.29 is 19.4 Å². The third-order valence-electron chi connectivity index (χ3n) is 8.40. The van der Waals surface area contributed by atoms with Crippen LogP contribution in [-0.4, -0.2) is 59.5 Å². The standard InChI is InChI=1S/C28H45NO4/c1-4-32-24-18-25(21-8-6-5-7-9-21)33-28(19-24)14-16-29(17-15-28)27(31)23-12-10-22(11-13-23)26(30)20(2)3/h8,10,20,23-26,30H,4-7,9,11-19H2,1-3H3. The van der Waals surface area contributed by atoms with E-state index in [9.17, 15) is 9.90 Å². The SMILES string of the molecule is CCOC1CC(C2=CCCCC2)OC2(CCN(C(=O)C3CC=C(C(O)C(C)C)CC3)CC2)C1. The lowest BCUT2D eigenvalue weighted by Crippen LogP contribution is -2.55. The fourth-order valence-electron chi connectivity index (χ4n) is 6.37. The molecule has 33 heavy (non-hydrogen) atoms. The highest BCUT2D eigenvalue weighted by molar-refractivity contribution is 5.79. The first kappa shape index (κ1) is 24.9. The van der Waals surface area contributed by atoms with E-state index in [0.29, 0.717) is 5.91 Å². The Hall–Kier alpha value is -1.17. The summed E-state index contributed by atoms with van der Waals surface area (Å²) >= 11 is 0. The molecule has 4 unspecified atom stereocenters. The van der Waals surface area contributed by atoms with Crippen molar-refractivity contribution in [1.82, 2.24) is 4.90 Å². The van der Waals surface area contributed by atoms with E-state index < -0.39 is 0 Å². The van der Waals surface area contributed by atoms with Gasteiger partial charge in [-0.15, -0.1) is 0 Å². The van der Waals surface area contributed by atoms with Crippen molar-refractivity contribution >= 4 is 5.91 Å². The van der Waals surface area contributed by atoms with Gasteiger partial charge in [-0.2, -0.15) is 0 Å². The quantitative estimate of drug-likeness (QED) is 0.556. The fourth-order valence-corrected chi connectivity index (χ4v) is 6.37. The predicted octanol–water partition coefficient (Wildman–Crippen LogP) is 5.18. The molecule has 2 heterocycles. The molecule has 1 amide bonds. The molecule has 5 nitrogen and oxygen atoms in total. The predicted molar refractivity (Wildman–Crippen MR) is 131 cm³/mol. The second kappa shape index (κ2) is 11.0. The second-order valence-electron chi connectivity index (χ2n) is 11.1. The Labute approximate surface area is 200 Å². The Morgan fingerprint density at radius 2 is 2.03 bits per heavy atom. The molecule has 0 aromatic carbocycles. The molecule has 0 aromatic heterocycles. The molecule has 2 fully saturated rings. The molecule has 0 saturated carbocycles. The Bertz CT molecular complexity index is 734.